The molecule has 19 nitrogen and oxygen atoms in total. The lowest BCUT2D eigenvalue weighted by Crippen LogP contribution is -2.65. The molecule has 0 aromatic rings. The number of aliphatic hydroxyl groups excluding tert-OH is 3. The highest BCUT2D eigenvalue weighted by Crippen LogP contribution is 2.51. The van der Waals surface area contributed by atoms with Gasteiger partial charge in [0.25, 0.3) is 0 Å². The van der Waals surface area contributed by atoms with Gasteiger partial charge in [-0.25, -0.2) is 13.7 Å². The van der Waals surface area contributed by atoms with E-state index >= 15 is 0 Å². The number of phosphoric ester groups is 3. The van der Waals surface area contributed by atoms with Crippen LogP contribution in [0.15, 0.2) is 12.2 Å². The third kappa shape index (κ3) is 34.0. The number of hydrogen-bond acceptors (Lipinski definition) is 14. The predicted molar refractivity (Wildman–Crippen MR) is 252 cm³/mol. The molecule has 1 aliphatic carbocycles. The second-order valence-corrected chi connectivity index (χ2v) is 21.5. The number of carbonyl (C=O) groups is 2. The van der Waals surface area contributed by atoms with Gasteiger partial charge in [-0.15, -0.1) is 0 Å². The van der Waals surface area contributed by atoms with Gasteiger partial charge in [0.1, 0.15) is 43.2 Å². The molecule has 0 spiro atoms. The van der Waals surface area contributed by atoms with E-state index in [1.807, 2.05) is 0 Å². The van der Waals surface area contributed by atoms with Gasteiger partial charge >= 0.3 is 35.4 Å². The molecule has 0 saturated heterocycles. The molecule has 1 fully saturated rings. The maximum atomic E-state index is 13.1. The van der Waals surface area contributed by atoms with Gasteiger partial charge in [0.15, 0.2) is 6.10 Å². The lowest BCUT2D eigenvalue weighted by molar-refractivity contribution is -0.213. The van der Waals surface area contributed by atoms with Crippen LogP contribution in [0.5, 0.6) is 0 Å². The van der Waals surface area contributed by atoms with Gasteiger partial charge < -0.3 is 49.3 Å². The number of unbranched alkanes of at least 4 members (excludes halogenated alkanes) is 25. The average Bonchev–Trinajstić information content (AvgIpc) is 3.25. The van der Waals surface area contributed by atoms with Gasteiger partial charge in [-0.1, -0.05) is 167 Å². The van der Waals surface area contributed by atoms with E-state index < -0.39 is 91.3 Å². The van der Waals surface area contributed by atoms with Crippen LogP contribution in [0.4, 0.5) is 0 Å². The topological polar surface area (TPSA) is 303 Å². The smallest absolute Gasteiger partial charge is 0.462 e. The molecule has 8 N–H and O–H groups in total. The first-order valence-corrected chi connectivity index (χ1v) is 29.5. The van der Waals surface area contributed by atoms with E-state index in [1.165, 1.54) is 103 Å². The van der Waals surface area contributed by atoms with Gasteiger partial charge in [-0.05, 0) is 38.5 Å². The number of allylic oxidation sites excluding steroid dienone is 2. The van der Waals surface area contributed by atoms with Gasteiger partial charge in [0, 0.05) is 12.8 Å². The summed E-state index contributed by atoms with van der Waals surface area (Å²) < 4.78 is 65.5. The van der Waals surface area contributed by atoms with Crippen LogP contribution >= 0.6 is 23.5 Å². The largest absolute Gasteiger partial charge is 0.472 e. The third-order valence-electron chi connectivity index (χ3n) is 11.6. The highest BCUT2D eigenvalue weighted by atomic mass is 31.2. The Bertz CT molecular complexity index is 1460. The monoisotopic (exact) mass is 1020 g/mol. The fourth-order valence-corrected chi connectivity index (χ4v) is 9.91. The molecule has 0 amide bonds. The van der Waals surface area contributed by atoms with E-state index in [2.05, 4.69) is 35.0 Å². The zero-order valence-electron chi connectivity index (χ0n) is 40.2. The summed E-state index contributed by atoms with van der Waals surface area (Å²) in [5.74, 6) is -1.30. The molecule has 0 aliphatic heterocycles. The second-order valence-electron chi connectivity index (χ2n) is 17.8. The summed E-state index contributed by atoms with van der Waals surface area (Å²) >= 11 is 0. The summed E-state index contributed by atoms with van der Waals surface area (Å²) in [7, 11) is -16.6. The molecule has 396 valence electrons. The van der Waals surface area contributed by atoms with Crippen molar-refractivity contribution < 1.29 is 90.6 Å². The minimum Gasteiger partial charge on any atom is -0.462 e. The summed E-state index contributed by atoms with van der Waals surface area (Å²) in [5.41, 5.74) is 0. The second kappa shape index (κ2) is 37.6. The summed E-state index contributed by atoms with van der Waals surface area (Å²) in [6.07, 6.45) is 19.4. The molecule has 8 unspecified atom stereocenters. The van der Waals surface area contributed by atoms with Crippen LogP contribution in [-0.2, 0) is 50.9 Å². The van der Waals surface area contributed by atoms with Crippen molar-refractivity contribution in [2.45, 2.75) is 249 Å². The van der Waals surface area contributed by atoms with Crippen molar-refractivity contribution in [3.05, 3.63) is 12.2 Å². The molecule has 1 rings (SSSR count). The van der Waals surface area contributed by atoms with Crippen molar-refractivity contribution >= 4 is 35.4 Å². The Morgan fingerprint density at radius 2 is 0.821 bits per heavy atom. The van der Waals surface area contributed by atoms with E-state index in [-0.39, 0.29) is 12.8 Å². The number of phosphoric acid groups is 3. The number of aliphatic hydroxyl groups is 3. The lowest BCUT2D eigenvalue weighted by atomic mass is 9.85. The maximum absolute atomic E-state index is 13.1. The standard InChI is InChI=1S/C45H87O19P3/c1-3-5-7-9-11-13-15-17-19-21-23-25-27-29-31-33-38(46)59-35-37(61-39(47)34-32-30-28-26-24-22-20-18-16-14-12-10-8-6-4-2)36-60-67(57,58)64-43-40(48)41(49)44(62-65(51,52)53)45(42(43)50)63-66(54,55)56/h18,20,37,40-45,48-50H,3-17,19,21-36H2,1-2H3,(H,57,58)(H2,51,52,53)(H2,54,55,56). The normalized spacial score (nSPS) is 21.6. The molecule has 0 heterocycles. The molecular formula is C45H87O19P3. The minimum absolute atomic E-state index is 0.00777. The predicted octanol–water partition coefficient (Wildman–Crippen LogP) is 9.29. The molecule has 0 radical (unpaired) electrons. The van der Waals surface area contributed by atoms with Gasteiger partial charge in [-0.3, -0.25) is 27.7 Å². The van der Waals surface area contributed by atoms with Crippen molar-refractivity contribution in [1.29, 1.82) is 0 Å². The Balaban J connectivity index is 2.71. The SMILES string of the molecule is CCCCCCCCC=CCCCCCCCC(=O)OC(COC(=O)CCCCCCCCCCCCCCCCC)COP(=O)(O)OC1C(O)C(O)C(OP(=O)(O)O)C(OP(=O)(O)O)C1O. The molecule has 0 aromatic carbocycles. The van der Waals surface area contributed by atoms with Crippen LogP contribution < -0.4 is 0 Å². The first-order valence-electron chi connectivity index (χ1n) is 25.0. The Kier molecular flexibility index (Phi) is 35.9. The number of rotatable bonds is 43. The number of carbonyl (C=O) groups excluding carboxylic acids is 2. The molecule has 1 aliphatic rings. The van der Waals surface area contributed by atoms with Gasteiger partial charge in [0.05, 0.1) is 6.61 Å². The first-order chi connectivity index (χ1) is 31.8. The summed E-state index contributed by atoms with van der Waals surface area (Å²) in [6, 6.07) is 0. The maximum Gasteiger partial charge on any atom is 0.472 e. The zero-order chi connectivity index (χ0) is 50.0. The Morgan fingerprint density at radius 3 is 1.24 bits per heavy atom. The number of esters is 2. The van der Waals surface area contributed by atoms with Crippen molar-refractivity contribution in [2.24, 2.45) is 0 Å². The Hall–Kier alpha value is -1.11. The zero-order valence-corrected chi connectivity index (χ0v) is 42.9. The Labute approximate surface area is 399 Å². The van der Waals surface area contributed by atoms with Crippen LogP contribution in [0.1, 0.15) is 206 Å². The summed E-state index contributed by atoms with van der Waals surface area (Å²) in [6.45, 7) is 2.95. The molecule has 67 heavy (non-hydrogen) atoms. The molecule has 0 aromatic heterocycles. The van der Waals surface area contributed by atoms with Crippen LogP contribution in [0.2, 0.25) is 0 Å². The van der Waals surface area contributed by atoms with Crippen molar-refractivity contribution in [3.8, 4) is 0 Å². The van der Waals surface area contributed by atoms with E-state index in [0.29, 0.717) is 12.8 Å². The van der Waals surface area contributed by atoms with Crippen LogP contribution in [0, 0.1) is 0 Å². The average molecular weight is 1030 g/mol. The Morgan fingerprint density at radius 1 is 0.463 bits per heavy atom. The fourth-order valence-electron chi connectivity index (χ4n) is 7.81. The molecule has 0 bridgehead atoms. The third-order valence-corrected chi connectivity index (χ3v) is 13.6. The van der Waals surface area contributed by atoms with E-state index in [4.69, 9.17) is 18.5 Å². The fraction of sp³-hybridized carbons (Fsp3) is 0.911. The van der Waals surface area contributed by atoms with Crippen molar-refractivity contribution in [2.75, 3.05) is 13.2 Å². The highest BCUT2D eigenvalue weighted by Gasteiger charge is 2.56. The molecule has 1 saturated carbocycles. The van der Waals surface area contributed by atoms with Gasteiger partial charge in [0.2, 0.25) is 0 Å². The highest BCUT2D eigenvalue weighted by molar-refractivity contribution is 7.47. The van der Waals surface area contributed by atoms with Crippen LogP contribution in [0.3, 0.4) is 0 Å². The van der Waals surface area contributed by atoms with Crippen LogP contribution in [-0.4, -0.2) is 108 Å². The van der Waals surface area contributed by atoms with E-state index in [1.54, 1.807) is 0 Å². The minimum atomic E-state index is -5.60. The van der Waals surface area contributed by atoms with Crippen LogP contribution in [0.25, 0.3) is 0 Å². The summed E-state index contributed by atoms with van der Waals surface area (Å²) in [5, 5.41) is 31.9. The van der Waals surface area contributed by atoms with E-state index in [9.17, 15) is 63.1 Å². The molecule has 22 heteroatoms. The quantitative estimate of drug-likeness (QED) is 0.0122. The molecule has 8 atom stereocenters. The van der Waals surface area contributed by atoms with E-state index in [0.717, 1.165) is 64.2 Å². The number of ether oxygens (including phenoxy) is 2. The number of hydrogen-bond donors (Lipinski definition) is 8. The first kappa shape index (κ1) is 63.9. The van der Waals surface area contributed by atoms with Crippen molar-refractivity contribution in [3.63, 3.8) is 0 Å². The lowest BCUT2D eigenvalue weighted by Gasteiger charge is -2.44. The van der Waals surface area contributed by atoms with Gasteiger partial charge in [-0.2, -0.15) is 0 Å². The van der Waals surface area contributed by atoms with Crippen molar-refractivity contribution in [1.82, 2.24) is 0 Å². The molecular weight excluding hydrogens is 937 g/mol. The summed E-state index contributed by atoms with van der Waals surface area (Å²) in [4.78, 5) is 73.2.